The van der Waals surface area contributed by atoms with E-state index in [1.165, 1.54) is 0 Å². The number of benzene rings is 9. The first-order valence-electron chi connectivity index (χ1n) is 22.7. The molecular weight excluding hydrogens is 657 g/mol. The molecule has 3 heteroatoms. The molecule has 0 saturated carbocycles. The molecule has 254 valence electrons. The van der Waals surface area contributed by atoms with Crippen molar-refractivity contribution in [2.24, 2.45) is 0 Å². The molecule has 0 aliphatic carbocycles. The van der Waals surface area contributed by atoms with E-state index in [0.29, 0.717) is 22.3 Å². The molecule has 0 bridgehead atoms. The summed E-state index contributed by atoms with van der Waals surface area (Å²) >= 11 is 0. The predicted octanol–water partition coefficient (Wildman–Crippen LogP) is 13.9. The third-order valence-corrected chi connectivity index (χ3v) is 10.5. The van der Waals surface area contributed by atoms with Crippen LogP contribution in [-0.4, -0.2) is 9.55 Å². The monoisotopic (exact) mass is 700 g/mol. The summed E-state index contributed by atoms with van der Waals surface area (Å²) in [4.78, 5) is 4.50. The van der Waals surface area contributed by atoms with Gasteiger partial charge in [0.1, 0.15) is 17.0 Å². The van der Waals surface area contributed by atoms with Crippen molar-refractivity contribution >= 4 is 65.3 Å². The van der Waals surface area contributed by atoms with E-state index in [1.807, 2.05) is 103 Å². The molecule has 0 N–H and O–H groups in total. The molecule has 0 saturated heterocycles. The molecule has 54 heavy (non-hydrogen) atoms. The van der Waals surface area contributed by atoms with Gasteiger partial charge < -0.3 is 4.42 Å². The van der Waals surface area contributed by atoms with Crippen LogP contribution in [0.15, 0.2) is 180 Å². The number of aromatic nitrogens is 2. The average molecular weight is 701 g/mol. The lowest BCUT2D eigenvalue weighted by Gasteiger charge is -2.19. The normalized spacial score (nSPS) is 15.0. The largest absolute Gasteiger partial charge is 0.456 e. The van der Waals surface area contributed by atoms with Gasteiger partial charge in [0.2, 0.25) is 0 Å². The Morgan fingerprint density at radius 3 is 2.20 bits per heavy atom. The Balaban J connectivity index is 1.18. The van der Waals surface area contributed by atoms with Crippen LogP contribution in [0.1, 0.15) is 26.4 Å². The minimum Gasteiger partial charge on any atom is -0.456 e. The Hall–Kier alpha value is -6.97. The Labute approximate surface area is 326 Å². The van der Waals surface area contributed by atoms with Crippen molar-refractivity contribution in [3.63, 3.8) is 0 Å². The highest BCUT2D eigenvalue weighted by Gasteiger charge is 2.21. The number of hydrogen-bond acceptors (Lipinski definition) is 2. The summed E-state index contributed by atoms with van der Waals surface area (Å²) in [5.74, 6) is -0.204. The smallest absolute Gasteiger partial charge is 0.136 e. The molecule has 11 aromatic rings. The Bertz CT molecular complexity index is 3740. The van der Waals surface area contributed by atoms with Crippen LogP contribution in [0.4, 0.5) is 0 Å². The first-order valence-corrected chi connectivity index (χ1v) is 17.7. The molecule has 0 atom stereocenters. The van der Waals surface area contributed by atoms with Crippen LogP contribution in [0.5, 0.6) is 0 Å². The van der Waals surface area contributed by atoms with Crippen LogP contribution >= 0.6 is 0 Å². The standard InChI is InChI=1S/C51H34N2O/c1-2-48-52-44-19-9-10-20-45(44)53(48)37-27-25-33-29-36(24-23-34(33)30-37)49-38-15-6-7-16-39(38)50(43-31-35(26-28-40(43)49)32-13-4-3-5-14-32)42-18-12-22-47-51(42)41-17-8-11-21-46(41)54-47/h3-31H,2H2,1H3/i1D3,2D2,3D,4D,5D,13D,14D. The third kappa shape index (κ3) is 4.65. The van der Waals surface area contributed by atoms with Crippen LogP contribution in [0, 0.1) is 0 Å². The van der Waals surface area contributed by atoms with Crippen LogP contribution in [0.2, 0.25) is 0 Å². The quantitative estimate of drug-likeness (QED) is 0.167. The molecule has 11 rings (SSSR count). The second-order valence-electron chi connectivity index (χ2n) is 13.5. The van der Waals surface area contributed by atoms with Crippen molar-refractivity contribution in [3.8, 4) is 39.1 Å². The van der Waals surface area contributed by atoms with Gasteiger partial charge >= 0.3 is 0 Å². The van der Waals surface area contributed by atoms with Crippen molar-refractivity contribution in [3.05, 3.63) is 182 Å². The molecule has 0 aliphatic heterocycles. The zero-order valence-corrected chi connectivity index (χ0v) is 28.7. The maximum Gasteiger partial charge on any atom is 0.136 e. The molecule has 0 radical (unpaired) electrons. The minimum absolute atomic E-state index is 0.114. The highest BCUT2D eigenvalue weighted by Crippen LogP contribution is 2.48. The molecule has 0 fully saturated rings. The number of para-hydroxylation sites is 3. The fourth-order valence-corrected chi connectivity index (χ4v) is 8.21. The van der Waals surface area contributed by atoms with Gasteiger partial charge in [0, 0.05) is 29.7 Å². The lowest BCUT2D eigenvalue weighted by atomic mass is 9.83. The molecule has 2 heterocycles. The molecule has 2 aromatic heterocycles. The summed E-state index contributed by atoms with van der Waals surface area (Å²) in [6.07, 6.45) is -2.74. The molecule has 0 spiro atoms. The second-order valence-corrected chi connectivity index (χ2v) is 13.5. The highest BCUT2D eigenvalue weighted by atomic mass is 16.3. The average Bonchev–Trinajstić information content (AvgIpc) is 3.89. The van der Waals surface area contributed by atoms with E-state index in [-0.39, 0.29) is 23.5 Å². The molecular formula is C51H34N2O. The first kappa shape index (κ1) is 22.2. The first-order chi connectivity index (χ1) is 30.7. The molecule has 9 aromatic carbocycles. The third-order valence-electron chi connectivity index (χ3n) is 10.5. The number of rotatable bonds is 5. The lowest BCUT2D eigenvalue weighted by molar-refractivity contribution is 0.669. The zero-order chi connectivity index (χ0) is 44.4. The van der Waals surface area contributed by atoms with Gasteiger partial charge in [0.15, 0.2) is 0 Å². The summed E-state index contributed by atoms with van der Waals surface area (Å²) in [6.45, 7) is -2.97. The van der Waals surface area contributed by atoms with E-state index in [4.69, 9.17) is 18.1 Å². The van der Waals surface area contributed by atoms with Crippen molar-refractivity contribution in [2.75, 3.05) is 0 Å². The summed E-state index contributed by atoms with van der Waals surface area (Å²) in [5.41, 5.74) is 7.38. The van der Waals surface area contributed by atoms with E-state index in [1.54, 1.807) is 22.8 Å². The van der Waals surface area contributed by atoms with Crippen LogP contribution in [0.3, 0.4) is 0 Å². The molecule has 0 amide bonds. The van der Waals surface area contributed by atoms with Gasteiger partial charge in [-0.15, -0.1) is 0 Å². The van der Waals surface area contributed by atoms with E-state index in [2.05, 4.69) is 29.2 Å². The summed E-state index contributed by atoms with van der Waals surface area (Å²) < 4.78 is 92.5. The maximum atomic E-state index is 8.90. The molecule has 0 aliphatic rings. The summed E-state index contributed by atoms with van der Waals surface area (Å²) in [7, 11) is 0. The van der Waals surface area contributed by atoms with Crippen LogP contribution < -0.4 is 0 Å². The van der Waals surface area contributed by atoms with Gasteiger partial charge in [0.05, 0.1) is 17.9 Å². The SMILES string of the molecule is [2H]c1c([2H])c([2H])c(-c2ccc3c(-c4ccc5cc(-n6c(C([2H])([2H])C([2H])([2H])[2H])nc7ccccc76)ccc5c4)c4ccccc4c(-c4cccc5oc6ccccc6c45)c3c2)c([2H])c1[2H]. The van der Waals surface area contributed by atoms with Gasteiger partial charge in [0.25, 0.3) is 0 Å². The van der Waals surface area contributed by atoms with Crippen molar-refractivity contribution in [1.29, 1.82) is 0 Å². The molecule has 3 nitrogen and oxygen atoms in total. The van der Waals surface area contributed by atoms with Crippen molar-refractivity contribution in [2.45, 2.75) is 13.2 Å². The van der Waals surface area contributed by atoms with E-state index < -0.39 is 31.4 Å². The second kappa shape index (κ2) is 12.0. The predicted molar refractivity (Wildman–Crippen MR) is 227 cm³/mol. The summed E-state index contributed by atoms with van der Waals surface area (Å²) in [5, 5.41) is 7.23. The van der Waals surface area contributed by atoms with Gasteiger partial charge in [-0.1, -0.05) is 134 Å². The lowest BCUT2D eigenvalue weighted by Crippen LogP contribution is -2.00. The van der Waals surface area contributed by atoms with E-state index in [9.17, 15) is 0 Å². The fraction of sp³-hybridized carbons (Fsp3) is 0.0392. The van der Waals surface area contributed by atoms with Gasteiger partial charge in [-0.3, -0.25) is 4.57 Å². The maximum absolute atomic E-state index is 8.90. The minimum atomic E-state index is -2.97. The van der Waals surface area contributed by atoms with E-state index in [0.717, 1.165) is 76.5 Å². The van der Waals surface area contributed by atoms with Gasteiger partial charge in [-0.05, 0) is 114 Å². The fourth-order valence-electron chi connectivity index (χ4n) is 8.21. The number of aryl methyl sites for hydroxylation is 1. The van der Waals surface area contributed by atoms with Crippen molar-refractivity contribution in [1.82, 2.24) is 9.55 Å². The summed E-state index contributed by atoms with van der Waals surface area (Å²) in [6, 6.07) is 45.0. The van der Waals surface area contributed by atoms with Gasteiger partial charge in [-0.25, -0.2) is 4.98 Å². The Kier molecular flexibility index (Phi) is 4.95. The van der Waals surface area contributed by atoms with Gasteiger partial charge in [-0.2, -0.15) is 0 Å². The van der Waals surface area contributed by atoms with Crippen molar-refractivity contribution < 1.29 is 18.1 Å². The number of furan rings is 1. The van der Waals surface area contributed by atoms with Crippen LogP contribution in [0.25, 0.3) is 104 Å². The Morgan fingerprint density at radius 2 is 1.31 bits per heavy atom. The highest BCUT2D eigenvalue weighted by molar-refractivity contribution is 6.26. The number of imidazole rings is 1. The Morgan fingerprint density at radius 1 is 0.593 bits per heavy atom. The van der Waals surface area contributed by atoms with Crippen LogP contribution in [-0.2, 0) is 6.37 Å². The molecule has 0 unspecified atom stereocenters. The van der Waals surface area contributed by atoms with E-state index >= 15 is 0 Å². The zero-order valence-electron chi connectivity index (χ0n) is 38.7. The number of hydrogen-bond donors (Lipinski definition) is 0. The number of nitrogens with zero attached hydrogens (tertiary/aromatic N) is 2. The topological polar surface area (TPSA) is 31.0 Å². The number of fused-ring (bicyclic) bond motifs is 7.